The van der Waals surface area contributed by atoms with Crippen molar-refractivity contribution in [2.45, 2.75) is 51.6 Å². The van der Waals surface area contributed by atoms with Crippen molar-refractivity contribution >= 4 is 19.8 Å². The van der Waals surface area contributed by atoms with Gasteiger partial charge in [0.15, 0.2) is 0 Å². The molecule has 0 amide bonds. The summed E-state index contributed by atoms with van der Waals surface area (Å²) in [5, 5.41) is 2.91. The van der Waals surface area contributed by atoms with Crippen molar-refractivity contribution in [1.82, 2.24) is 0 Å². The van der Waals surface area contributed by atoms with E-state index in [2.05, 4.69) is 84.0 Å². The number of benzene rings is 2. The molecule has 0 aliphatic rings. The smallest absolute Gasteiger partial charge is 0.292 e. The molecule has 0 saturated carbocycles. The van der Waals surface area contributed by atoms with Crippen LogP contribution in [-0.4, -0.2) is 9.04 Å². The monoisotopic (exact) mass is 285 g/mol. The first-order valence-electron chi connectivity index (χ1n) is 7.22. The molecule has 0 spiro atoms. The maximum absolute atomic E-state index is 6.45. The highest BCUT2D eigenvalue weighted by Gasteiger charge is 2.41. The fourth-order valence-electron chi connectivity index (χ4n) is 2.78. The lowest BCUT2D eigenvalue weighted by molar-refractivity contribution is 0.462. The largest absolute Gasteiger partial charge is 0.541 e. The highest BCUT2D eigenvalue weighted by atomic mass is 28.3. The molecule has 107 valence electrons. The second kappa shape index (κ2) is 5.25. The molecule has 0 N–H and O–H groups in total. The van der Waals surface area contributed by atoms with Crippen LogP contribution in [0.25, 0.3) is 10.8 Å². The minimum Gasteiger partial charge on any atom is -0.541 e. The van der Waals surface area contributed by atoms with E-state index >= 15 is 0 Å². The van der Waals surface area contributed by atoms with Crippen molar-refractivity contribution in [3.63, 3.8) is 0 Å². The Labute approximate surface area is 124 Å². The maximum atomic E-state index is 6.45. The molecule has 20 heavy (non-hydrogen) atoms. The summed E-state index contributed by atoms with van der Waals surface area (Å²) in [6.07, 6.45) is 0. The van der Waals surface area contributed by atoms with E-state index < -0.39 is 9.04 Å². The van der Waals surface area contributed by atoms with Gasteiger partial charge in [-0.3, -0.25) is 0 Å². The summed E-state index contributed by atoms with van der Waals surface area (Å²) >= 11 is 0. The second-order valence-electron chi connectivity index (χ2n) is 7.44. The van der Waals surface area contributed by atoms with Gasteiger partial charge in [0.05, 0.1) is 0 Å². The standard InChI is InChI=1S/C18H25OSi/c1-17(2,3)20(18(4,5)6)19-16-12-11-14-9-7-8-10-15(14)13-16/h7-13H,1-6H3. The first-order chi connectivity index (χ1) is 9.18. The Hall–Kier alpha value is -1.28. The van der Waals surface area contributed by atoms with Crippen LogP contribution in [0.1, 0.15) is 41.5 Å². The third kappa shape index (κ3) is 3.43. The zero-order valence-electron chi connectivity index (χ0n) is 13.4. The first-order valence-corrected chi connectivity index (χ1v) is 8.63. The maximum Gasteiger partial charge on any atom is 0.292 e. The Morgan fingerprint density at radius 3 is 1.85 bits per heavy atom. The molecule has 0 unspecified atom stereocenters. The fourth-order valence-corrected chi connectivity index (χ4v) is 6.00. The lowest BCUT2D eigenvalue weighted by Crippen LogP contribution is -2.40. The molecule has 0 atom stereocenters. The van der Waals surface area contributed by atoms with Crippen LogP contribution in [0, 0.1) is 0 Å². The summed E-state index contributed by atoms with van der Waals surface area (Å²) in [5.41, 5.74) is 0. The molecule has 2 aromatic carbocycles. The summed E-state index contributed by atoms with van der Waals surface area (Å²) in [4.78, 5) is 0. The predicted octanol–water partition coefficient (Wildman–Crippen LogP) is 5.81. The Kier molecular flexibility index (Phi) is 3.97. The van der Waals surface area contributed by atoms with E-state index in [1.54, 1.807) is 0 Å². The Morgan fingerprint density at radius 2 is 1.30 bits per heavy atom. The highest BCUT2D eigenvalue weighted by molar-refractivity contribution is 6.59. The van der Waals surface area contributed by atoms with E-state index in [4.69, 9.17) is 4.43 Å². The number of hydrogen-bond donors (Lipinski definition) is 0. The van der Waals surface area contributed by atoms with Crippen LogP contribution in [0.3, 0.4) is 0 Å². The summed E-state index contributed by atoms with van der Waals surface area (Å²) in [6, 6.07) is 14.8. The highest BCUT2D eigenvalue weighted by Crippen LogP contribution is 2.42. The van der Waals surface area contributed by atoms with E-state index in [1.807, 2.05) is 0 Å². The van der Waals surface area contributed by atoms with Gasteiger partial charge < -0.3 is 4.43 Å². The molecule has 2 rings (SSSR count). The van der Waals surface area contributed by atoms with Crippen molar-refractivity contribution < 1.29 is 4.43 Å². The molecular weight excluding hydrogens is 260 g/mol. The van der Waals surface area contributed by atoms with Gasteiger partial charge in [0.25, 0.3) is 9.04 Å². The first kappa shape index (κ1) is 15.1. The number of fused-ring (bicyclic) bond motifs is 1. The predicted molar refractivity (Wildman–Crippen MR) is 89.8 cm³/mol. The Bertz CT molecular complexity index is 576. The van der Waals surface area contributed by atoms with E-state index in [0.717, 1.165) is 5.75 Å². The minimum atomic E-state index is -0.996. The van der Waals surface area contributed by atoms with Gasteiger partial charge >= 0.3 is 0 Å². The quantitative estimate of drug-likeness (QED) is 0.633. The molecule has 0 aliphatic carbocycles. The zero-order chi connectivity index (χ0) is 15.0. The third-order valence-corrected chi connectivity index (χ3v) is 6.47. The summed E-state index contributed by atoms with van der Waals surface area (Å²) in [6.45, 7) is 13.7. The normalized spacial score (nSPS) is 12.9. The van der Waals surface area contributed by atoms with E-state index in [0.29, 0.717) is 0 Å². The van der Waals surface area contributed by atoms with Crippen molar-refractivity contribution in [1.29, 1.82) is 0 Å². The molecule has 0 aliphatic heterocycles. The van der Waals surface area contributed by atoms with Gasteiger partial charge in [0, 0.05) is 0 Å². The third-order valence-electron chi connectivity index (χ3n) is 3.30. The van der Waals surface area contributed by atoms with Crippen LogP contribution in [0.2, 0.25) is 10.1 Å². The average Bonchev–Trinajstić information content (AvgIpc) is 2.33. The second-order valence-corrected chi connectivity index (χ2v) is 11.3. The van der Waals surface area contributed by atoms with Gasteiger partial charge in [-0.15, -0.1) is 0 Å². The van der Waals surface area contributed by atoms with Crippen molar-refractivity contribution in [2.24, 2.45) is 0 Å². The molecule has 1 radical (unpaired) electrons. The number of hydrogen-bond acceptors (Lipinski definition) is 1. The SMILES string of the molecule is CC(C)(C)[Si](Oc1ccc2ccccc2c1)C(C)(C)C. The van der Waals surface area contributed by atoms with Gasteiger partial charge in [-0.1, -0.05) is 71.9 Å². The molecule has 0 fully saturated rings. The fraction of sp³-hybridized carbons (Fsp3) is 0.444. The topological polar surface area (TPSA) is 9.23 Å². The van der Waals surface area contributed by atoms with Crippen molar-refractivity contribution in [2.75, 3.05) is 0 Å². The molecular formula is C18H25OSi. The Balaban J connectivity index is 2.34. The minimum absolute atomic E-state index is 0.203. The molecule has 0 saturated heterocycles. The van der Waals surface area contributed by atoms with E-state index in [9.17, 15) is 0 Å². The lowest BCUT2D eigenvalue weighted by Gasteiger charge is -2.37. The van der Waals surface area contributed by atoms with Crippen LogP contribution >= 0.6 is 0 Å². The summed E-state index contributed by atoms with van der Waals surface area (Å²) < 4.78 is 6.45. The number of rotatable bonds is 2. The van der Waals surface area contributed by atoms with E-state index in [1.165, 1.54) is 10.8 Å². The van der Waals surface area contributed by atoms with Gasteiger partial charge in [0.2, 0.25) is 0 Å². The molecule has 1 nitrogen and oxygen atoms in total. The van der Waals surface area contributed by atoms with Crippen LogP contribution in [0.15, 0.2) is 42.5 Å². The van der Waals surface area contributed by atoms with Crippen LogP contribution < -0.4 is 4.43 Å². The van der Waals surface area contributed by atoms with Gasteiger partial charge in [0.1, 0.15) is 5.75 Å². The van der Waals surface area contributed by atoms with Crippen molar-refractivity contribution in [3.05, 3.63) is 42.5 Å². The van der Waals surface area contributed by atoms with Crippen LogP contribution in [-0.2, 0) is 0 Å². The van der Waals surface area contributed by atoms with E-state index in [-0.39, 0.29) is 10.1 Å². The molecule has 0 aromatic heterocycles. The van der Waals surface area contributed by atoms with Crippen LogP contribution in [0.5, 0.6) is 5.75 Å². The zero-order valence-corrected chi connectivity index (χ0v) is 14.4. The molecule has 2 heteroatoms. The van der Waals surface area contributed by atoms with Crippen LogP contribution in [0.4, 0.5) is 0 Å². The van der Waals surface area contributed by atoms with Gasteiger partial charge in [-0.2, -0.15) is 0 Å². The van der Waals surface area contributed by atoms with Crippen molar-refractivity contribution in [3.8, 4) is 5.75 Å². The molecule has 0 heterocycles. The average molecular weight is 285 g/mol. The summed E-state index contributed by atoms with van der Waals surface area (Å²) in [5.74, 6) is 1.00. The molecule has 0 bridgehead atoms. The lowest BCUT2D eigenvalue weighted by atomic mass is 10.1. The molecule has 2 aromatic rings. The van der Waals surface area contributed by atoms with Gasteiger partial charge in [-0.25, -0.2) is 0 Å². The Morgan fingerprint density at radius 1 is 0.750 bits per heavy atom. The van der Waals surface area contributed by atoms with Gasteiger partial charge in [-0.05, 0) is 33.0 Å². The summed E-state index contributed by atoms with van der Waals surface area (Å²) in [7, 11) is -0.996.